The number of hydrogen-bond donors (Lipinski definition) is 2. The molecule has 134 valence electrons. The van der Waals surface area contributed by atoms with Crippen LogP contribution in [-0.2, 0) is 21.0 Å². The quantitative estimate of drug-likeness (QED) is 0.859. The maximum atomic E-state index is 12.7. The molecule has 1 aromatic rings. The number of sulfonamides is 1. The molecule has 0 amide bonds. The number of alkyl halides is 3. The fraction of sp³-hybridized carbons (Fsp3) is 0.533. The average Bonchev–Trinajstić information content (AvgIpc) is 2.46. The summed E-state index contributed by atoms with van der Waals surface area (Å²) in [5, 5.41) is 8.93. The summed E-state index contributed by atoms with van der Waals surface area (Å²) in [6, 6.07) is 2.27. The van der Waals surface area contributed by atoms with Gasteiger partial charge in [-0.2, -0.15) is 13.2 Å². The first-order valence-electron chi connectivity index (χ1n) is 7.43. The molecule has 0 atom stereocenters. The van der Waals surface area contributed by atoms with Gasteiger partial charge in [-0.05, 0) is 56.4 Å². The van der Waals surface area contributed by atoms with Gasteiger partial charge in [0.05, 0.1) is 16.4 Å². The molecule has 1 fully saturated rings. The first kappa shape index (κ1) is 18.7. The number of hydrogen-bond acceptors (Lipinski definition) is 3. The van der Waals surface area contributed by atoms with E-state index < -0.39 is 39.7 Å². The fourth-order valence-electron chi connectivity index (χ4n) is 2.87. The Bertz CT molecular complexity index is 723. The van der Waals surface area contributed by atoms with Crippen molar-refractivity contribution >= 4 is 16.0 Å². The highest BCUT2D eigenvalue weighted by Crippen LogP contribution is 2.33. The third-order valence-corrected chi connectivity index (χ3v) is 5.73. The van der Waals surface area contributed by atoms with E-state index in [0.717, 1.165) is 18.2 Å². The maximum Gasteiger partial charge on any atom is 0.416 e. The van der Waals surface area contributed by atoms with Gasteiger partial charge >= 0.3 is 12.1 Å². The van der Waals surface area contributed by atoms with Crippen LogP contribution in [0.4, 0.5) is 13.2 Å². The summed E-state index contributed by atoms with van der Waals surface area (Å²) < 4.78 is 65.3. The second kappa shape index (κ2) is 6.72. The molecule has 2 rings (SSSR count). The molecule has 1 aliphatic carbocycles. The Labute approximate surface area is 137 Å². The van der Waals surface area contributed by atoms with Gasteiger partial charge < -0.3 is 5.11 Å². The van der Waals surface area contributed by atoms with Crippen LogP contribution < -0.4 is 4.72 Å². The minimum Gasteiger partial charge on any atom is -0.481 e. The Morgan fingerprint density at radius 1 is 1.21 bits per heavy atom. The molecule has 1 aliphatic rings. The zero-order chi connectivity index (χ0) is 18.1. The molecule has 0 heterocycles. The van der Waals surface area contributed by atoms with Crippen LogP contribution in [-0.4, -0.2) is 25.5 Å². The SMILES string of the molecule is Cc1cc(S(=O)(=O)NC2CCC(C(=O)O)CC2)ccc1C(F)(F)F. The van der Waals surface area contributed by atoms with Crippen LogP contribution in [0.3, 0.4) is 0 Å². The van der Waals surface area contributed by atoms with Crippen molar-refractivity contribution in [2.45, 2.75) is 49.7 Å². The zero-order valence-corrected chi connectivity index (χ0v) is 13.7. The highest BCUT2D eigenvalue weighted by atomic mass is 32.2. The van der Waals surface area contributed by atoms with Gasteiger partial charge in [0.15, 0.2) is 0 Å². The molecule has 0 radical (unpaired) electrons. The second-order valence-electron chi connectivity index (χ2n) is 5.98. The Balaban J connectivity index is 2.11. The number of aryl methyl sites for hydroxylation is 1. The van der Waals surface area contributed by atoms with Crippen LogP contribution >= 0.6 is 0 Å². The van der Waals surface area contributed by atoms with E-state index in [9.17, 15) is 26.4 Å². The largest absolute Gasteiger partial charge is 0.481 e. The first-order chi connectivity index (χ1) is 11.0. The van der Waals surface area contributed by atoms with Gasteiger partial charge in [-0.15, -0.1) is 0 Å². The first-order valence-corrected chi connectivity index (χ1v) is 8.92. The number of nitrogens with one attached hydrogen (secondary N) is 1. The molecule has 0 aliphatic heterocycles. The number of rotatable bonds is 4. The van der Waals surface area contributed by atoms with Gasteiger partial charge in [-0.1, -0.05) is 0 Å². The van der Waals surface area contributed by atoms with E-state index >= 15 is 0 Å². The number of carboxylic acids is 1. The van der Waals surface area contributed by atoms with Crippen molar-refractivity contribution < 1.29 is 31.5 Å². The molecule has 2 N–H and O–H groups in total. The predicted molar refractivity (Wildman–Crippen MR) is 79.9 cm³/mol. The molecule has 0 bridgehead atoms. The van der Waals surface area contributed by atoms with Crippen molar-refractivity contribution in [2.75, 3.05) is 0 Å². The van der Waals surface area contributed by atoms with Crippen molar-refractivity contribution in [1.82, 2.24) is 4.72 Å². The molecular weight excluding hydrogens is 347 g/mol. The lowest BCUT2D eigenvalue weighted by molar-refractivity contribution is -0.143. The van der Waals surface area contributed by atoms with E-state index in [1.807, 2.05) is 0 Å². The summed E-state index contributed by atoms with van der Waals surface area (Å²) >= 11 is 0. The molecule has 24 heavy (non-hydrogen) atoms. The van der Waals surface area contributed by atoms with Gasteiger partial charge in [0.25, 0.3) is 0 Å². The highest BCUT2D eigenvalue weighted by Gasteiger charge is 2.33. The Kier molecular flexibility index (Phi) is 5.24. The third-order valence-electron chi connectivity index (χ3n) is 4.21. The standard InChI is InChI=1S/C15H18F3NO4S/c1-9-8-12(6-7-13(9)15(16,17)18)24(22,23)19-11-4-2-10(3-5-11)14(20)21/h6-8,10-11,19H,2-5H2,1H3,(H,20,21). The highest BCUT2D eigenvalue weighted by molar-refractivity contribution is 7.89. The molecule has 5 nitrogen and oxygen atoms in total. The Morgan fingerprint density at radius 2 is 1.79 bits per heavy atom. The Hall–Kier alpha value is -1.61. The van der Waals surface area contributed by atoms with Crippen molar-refractivity contribution in [3.05, 3.63) is 29.3 Å². The second-order valence-corrected chi connectivity index (χ2v) is 7.70. The van der Waals surface area contributed by atoms with Gasteiger partial charge in [0.2, 0.25) is 10.0 Å². The van der Waals surface area contributed by atoms with Crippen LogP contribution in [0.2, 0.25) is 0 Å². The van der Waals surface area contributed by atoms with Crippen LogP contribution in [0.1, 0.15) is 36.8 Å². The number of carboxylic acid groups (broad SMARTS) is 1. The smallest absolute Gasteiger partial charge is 0.416 e. The lowest BCUT2D eigenvalue weighted by atomic mass is 9.87. The van der Waals surface area contributed by atoms with E-state index in [1.54, 1.807) is 0 Å². The number of aliphatic carboxylic acids is 1. The van der Waals surface area contributed by atoms with Gasteiger partial charge in [0.1, 0.15) is 0 Å². The van der Waals surface area contributed by atoms with E-state index in [1.165, 1.54) is 6.92 Å². The number of benzene rings is 1. The van der Waals surface area contributed by atoms with Gasteiger partial charge in [-0.25, -0.2) is 13.1 Å². The zero-order valence-electron chi connectivity index (χ0n) is 12.9. The lowest BCUT2D eigenvalue weighted by Crippen LogP contribution is -2.38. The molecule has 1 saturated carbocycles. The predicted octanol–water partition coefficient (Wildman–Crippen LogP) is 2.94. The van der Waals surface area contributed by atoms with Crippen LogP contribution in [0, 0.1) is 12.8 Å². The summed E-state index contributed by atoms with van der Waals surface area (Å²) in [5.74, 6) is -1.37. The summed E-state index contributed by atoms with van der Waals surface area (Å²) in [6.07, 6.45) is -3.02. The van der Waals surface area contributed by atoms with Crippen LogP contribution in [0.15, 0.2) is 23.1 Å². The average molecular weight is 365 g/mol. The molecule has 0 unspecified atom stereocenters. The van der Waals surface area contributed by atoms with E-state index in [-0.39, 0.29) is 10.5 Å². The Morgan fingerprint density at radius 3 is 2.25 bits per heavy atom. The van der Waals surface area contributed by atoms with Crippen molar-refractivity contribution in [3.8, 4) is 0 Å². The minimum atomic E-state index is -4.53. The minimum absolute atomic E-state index is 0.167. The third kappa shape index (κ3) is 4.27. The normalized spacial score (nSPS) is 22.3. The summed E-state index contributed by atoms with van der Waals surface area (Å²) in [5.41, 5.74) is -1.04. The molecule has 0 aromatic heterocycles. The van der Waals surface area contributed by atoms with E-state index in [4.69, 9.17) is 5.11 Å². The van der Waals surface area contributed by atoms with Crippen molar-refractivity contribution in [2.24, 2.45) is 5.92 Å². The monoisotopic (exact) mass is 365 g/mol. The molecular formula is C15H18F3NO4S. The number of halogens is 3. The van der Waals surface area contributed by atoms with Gasteiger partial charge in [-0.3, -0.25) is 4.79 Å². The lowest BCUT2D eigenvalue weighted by Gasteiger charge is -2.26. The van der Waals surface area contributed by atoms with E-state index in [2.05, 4.69) is 4.72 Å². The van der Waals surface area contributed by atoms with Crippen molar-refractivity contribution in [1.29, 1.82) is 0 Å². The molecule has 9 heteroatoms. The van der Waals surface area contributed by atoms with Crippen LogP contribution in [0.5, 0.6) is 0 Å². The number of carbonyl (C=O) groups is 1. The summed E-state index contributed by atoms with van der Waals surface area (Å²) in [6.45, 7) is 1.21. The van der Waals surface area contributed by atoms with Crippen LogP contribution in [0.25, 0.3) is 0 Å². The van der Waals surface area contributed by atoms with Crippen molar-refractivity contribution in [3.63, 3.8) is 0 Å². The fourth-order valence-corrected chi connectivity index (χ4v) is 4.26. The van der Waals surface area contributed by atoms with Gasteiger partial charge in [0, 0.05) is 6.04 Å². The maximum absolute atomic E-state index is 12.7. The van der Waals surface area contributed by atoms with E-state index in [0.29, 0.717) is 25.7 Å². The molecule has 0 spiro atoms. The molecule has 0 saturated heterocycles. The summed E-state index contributed by atoms with van der Waals surface area (Å²) in [4.78, 5) is 10.7. The topological polar surface area (TPSA) is 83.5 Å². The molecule has 1 aromatic carbocycles. The summed E-state index contributed by atoms with van der Waals surface area (Å²) in [7, 11) is -3.95.